The maximum absolute atomic E-state index is 12.4. The van der Waals surface area contributed by atoms with Crippen molar-refractivity contribution in [2.24, 2.45) is 5.73 Å². The number of hydrogen-bond acceptors (Lipinski definition) is 2. The lowest BCUT2D eigenvalue weighted by Gasteiger charge is -2.13. The molecule has 88 valence electrons. The molecule has 0 aliphatic heterocycles. The van der Waals surface area contributed by atoms with Gasteiger partial charge in [-0.25, -0.2) is 0 Å². The lowest BCUT2D eigenvalue weighted by Crippen LogP contribution is -2.09. The molecule has 5 heteroatoms. The predicted molar refractivity (Wildman–Crippen MR) is 53.0 cm³/mol. The van der Waals surface area contributed by atoms with E-state index in [1.807, 2.05) is 0 Å². The van der Waals surface area contributed by atoms with Gasteiger partial charge in [0.05, 0.1) is 11.7 Å². The third-order valence-electron chi connectivity index (χ3n) is 2.43. The summed E-state index contributed by atoms with van der Waals surface area (Å²) in [5.74, 6) is 0.470. The fourth-order valence-corrected chi connectivity index (χ4v) is 1.40. The van der Waals surface area contributed by atoms with Crippen LogP contribution in [0.2, 0.25) is 0 Å². The number of nitrogens with two attached hydrogens (primary N) is 1. The summed E-state index contributed by atoms with van der Waals surface area (Å²) in [5, 5.41) is 0. The molecule has 0 amide bonds. The first-order chi connectivity index (χ1) is 7.50. The third-order valence-corrected chi connectivity index (χ3v) is 2.43. The van der Waals surface area contributed by atoms with Crippen molar-refractivity contribution in [1.29, 1.82) is 0 Å². The highest BCUT2D eigenvalue weighted by molar-refractivity contribution is 5.38. The molecule has 1 fully saturated rings. The van der Waals surface area contributed by atoms with E-state index in [9.17, 15) is 13.2 Å². The van der Waals surface area contributed by atoms with Crippen LogP contribution in [0.15, 0.2) is 18.2 Å². The van der Waals surface area contributed by atoms with Crippen molar-refractivity contribution in [3.8, 4) is 5.75 Å². The Balaban J connectivity index is 2.26. The largest absolute Gasteiger partial charge is 0.490 e. The average molecular weight is 231 g/mol. The minimum atomic E-state index is -4.33. The van der Waals surface area contributed by atoms with Crippen LogP contribution in [0.25, 0.3) is 0 Å². The summed E-state index contributed by atoms with van der Waals surface area (Å²) in [5.41, 5.74) is 5.13. The van der Waals surface area contributed by atoms with Crippen molar-refractivity contribution in [3.63, 3.8) is 0 Å². The second-order valence-electron chi connectivity index (χ2n) is 3.84. The zero-order chi connectivity index (χ0) is 11.8. The van der Waals surface area contributed by atoms with Crippen molar-refractivity contribution >= 4 is 0 Å². The van der Waals surface area contributed by atoms with Crippen molar-refractivity contribution in [2.75, 3.05) is 0 Å². The highest BCUT2D eigenvalue weighted by atomic mass is 19.4. The SMILES string of the molecule is NCc1cc(C(F)(F)F)ccc1OC1CC1. The minimum absolute atomic E-state index is 0.0476. The van der Waals surface area contributed by atoms with Crippen LogP contribution in [0.5, 0.6) is 5.75 Å². The standard InChI is InChI=1S/C11H12F3NO/c12-11(13,14)8-1-4-10(7(5-8)6-15)16-9-2-3-9/h1,4-5,9H,2-3,6,15H2. The fraction of sp³-hybridized carbons (Fsp3) is 0.455. The second-order valence-corrected chi connectivity index (χ2v) is 3.84. The molecular formula is C11H12F3NO. The van der Waals surface area contributed by atoms with Gasteiger partial charge in [-0.1, -0.05) is 0 Å². The summed E-state index contributed by atoms with van der Waals surface area (Å²) in [6.07, 6.45) is -2.25. The Kier molecular flexibility index (Phi) is 2.80. The molecule has 1 aliphatic carbocycles. The molecule has 0 aromatic heterocycles. The van der Waals surface area contributed by atoms with E-state index in [0.29, 0.717) is 11.3 Å². The van der Waals surface area contributed by atoms with Crippen molar-refractivity contribution in [2.45, 2.75) is 31.7 Å². The third kappa shape index (κ3) is 2.47. The van der Waals surface area contributed by atoms with Crippen molar-refractivity contribution in [1.82, 2.24) is 0 Å². The van der Waals surface area contributed by atoms with Crippen LogP contribution >= 0.6 is 0 Å². The van der Waals surface area contributed by atoms with Gasteiger partial charge in [0.2, 0.25) is 0 Å². The summed E-state index contributed by atoms with van der Waals surface area (Å²) in [6.45, 7) is 0.0476. The molecule has 1 saturated carbocycles. The van der Waals surface area contributed by atoms with Gasteiger partial charge in [0.25, 0.3) is 0 Å². The molecule has 1 aliphatic rings. The zero-order valence-electron chi connectivity index (χ0n) is 8.55. The highest BCUT2D eigenvalue weighted by Gasteiger charge is 2.31. The Morgan fingerprint density at radius 1 is 1.31 bits per heavy atom. The number of alkyl halides is 3. The fourth-order valence-electron chi connectivity index (χ4n) is 1.40. The molecule has 0 saturated heterocycles. The zero-order valence-corrected chi connectivity index (χ0v) is 8.55. The van der Waals surface area contributed by atoms with Crippen LogP contribution in [0.4, 0.5) is 13.2 Å². The van der Waals surface area contributed by atoms with E-state index < -0.39 is 11.7 Å². The summed E-state index contributed by atoms with van der Waals surface area (Å²) in [7, 11) is 0. The predicted octanol–water partition coefficient (Wildman–Crippen LogP) is 2.71. The van der Waals surface area contributed by atoms with E-state index in [0.717, 1.165) is 25.0 Å². The minimum Gasteiger partial charge on any atom is -0.490 e. The van der Waals surface area contributed by atoms with Gasteiger partial charge in [0, 0.05) is 12.1 Å². The molecule has 0 spiro atoms. The summed E-state index contributed by atoms with van der Waals surface area (Å²) >= 11 is 0. The molecule has 1 aromatic rings. The van der Waals surface area contributed by atoms with Gasteiger partial charge in [0.1, 0.15) is 5.75 Å². The van der Waals surface area contributed by atoms with Crippen LogP contribution in [-0.4, -0.2) is 6.10 Å². The van der Waals surface area contributed by atoms with Crippen LogP contribution in [0.3, 0.4) is 0 Å². The van der Waals surface area contributed by atoms with Gasteiger partial charge in [-0.3, -0.25) is 0 Å². The molecule has 0 atom stereocenters. The van der Waals surface area contributed by atoms with Gasteiger partial charge in [0.15, 0.2) is 0 Å². The maximum Gasteiger partial charge on any atom is 0.416 e. The number of benzene rings is 1. The Morgan fingerprint density at radius 2 is 2.00 bits per heavy atom. The molecule has 1 aromatic carbocycles. The Hall–Kier alpha value is -1.23. The molecule has 2 rings (SSSR count). The Labute approximate surface area is 91.2 Å². The highest BCUT2D eigenvalue weighted by Crippen LogP contribution is 2.34. The first-order valence-corrected chi connectivity index (χ1v) is 5.07. The van der Waals surface area contributed by atoms with Crippen LogP contribution in [0.1, 0.15) is 24.0 Å². The molecular weight excluding hydrogens is 219 g/mol. The molecule has 0 bridgehead atoms. The lowest BCUT2D eigenvalue weighted by atomic mass is 10.1. The smallest absolute Gasteiger partial charge is 0.416 e. The van der Waals surface area contributed by atoms with E-state index in [4.69, 9.17) is 10.5 Å². The number of halogens is 3. The molecule has 2 nitrogen and oxygen atoms in total. The van der Waals surface area contributed by atoms with E-state index in [1.54, 1.807) is 0 Å². The van der Waals surface area contributed by atoms with E-state index in [1.165, 1.54) is 6.07 Å². The van der Waals surface area contributed by atoms with Gasteiger partial charge in [-0.2, -0.15) is 13.2 Å². The molecule has 2 N–H and O–H groups in total. The van der Waals surface area contributed by atoms with Crippen LogP contribution in [0, 0.1) is 0 Å². The quantitative estimate of drug-likeness (QED) is 0.868. The maximum atomic E-state index is 12.4. The average Bonchev–Trinajstić information content (AvgIpc) is 3.00. The normalized spacial score (nSPS) is 16.2. The van der Waals surface area contributed by atoms with E-state index in [2.05, 4.69) is 0 Å². The van der Waals surface area contributed by atoms with E-state index >= 15 is 0 Å². The topological polar surface area (TPSA) is 35.2 Å². The van der Waals surface area contributed by atoms with Gasteiger partial charge in [-0.05, 0) is 31.0 Å². The molecule has 0 radical (unpaired) electrons. The van der Waals surface area contributed by atoms with Gasteiger partial charge < -0.3 is 10.5 Å². The monoisotopic (exact) mass is 231 g/mol. The summed E-state index contributed by atoms with van der Waals surface area (Å²) in [6, 6.07) is 3.43. The Bertz CT molecular complexity index is 385. The van der Waals surface area contributed by atoms with Crippen LogP contribution < -0.4 is 10.5 Å². The van der Waals surface area contributed by atoms with Gasteiger partial charge in [-0.15, -0.1) is 0 Å². The number of hydrogen-bond donors (Lipinski definition) is 1. The second kappa shape index (κ2) is 3.97. The van der Waals surface area contributed by atoms with Crippen molar-refractivity contribution < 1.29 is 17.9 Å². The first kappa shape index (κ1) is 11.3. The molecule has 0 heterocycles. The summed E-state index contributed by atoms with van der Waals surface area (Å²) in [4.78, 5) is 0. The van der Waals surface area contributed by atoms with Crippen LogP contribution in [-0.2, 0) is 12.7 Å². The first-order valence-electron chi connectivity index (χ1n) is 5.07. The lowest BCUT2D eigenvalue weighted by molar-refractivity contribution is -0.137. The van der Waals surface area contributed by atoms with Crippen molar-refractivity contribution in [3.05, 3.63) is 29.3 Å². The van der Waals surface area contributed by atoms with E-state index in [-0.39, 0.29) is 12.6 Å². The van der Waals surface area contributed by atoms with Gasteiger partial charge >= 0.3 is 6.18 Å². The number of ether oxygens (including phenoxy) is 1. The number of rotatable bonds is 3. The summed E-state index contributed by atoms with van der Waals surface area (Å²) < 4.78 is 42.8. The molecule has 0 unspecified atom stereocenters. The Morgan fingerprint density at radius 3 is 2.50 bits per heavy atom. The molecule has 16 heavy (non-hydrogen) atoms.